The monoisotopic (exact) mass is 275 g/mol. The average Bonchev–Trinajstić information content (AvgIpc) is 2.34. The van der Waals surface area contributed by atoms with Crippen molar-refractivity contribution in [1.82, 2.24) is 4.98 Å². The van der Waals surface area contributed by atoms with E-state index >= 15 is 0 Å². The van der Waals surface area contributed by atoms with Gasteiger partial charge in [0.1, 0.15) is 11.6 Å². The van der Waals surface area contributed by atoms with Crippen LogP contribution in [0.2, 0.25) is 0 Å². The van der Waals surface area contributed by atoms with Crippen molar-refractivity contribution in [2.75, 3.05) is 24.2 Å². The van der Waals surface area contributed by atoms with Gasteiger partial charge in [-0.1, -0.05) is 20.8 Å². The molecule has 0 fully saturated rings. The highest BCUT2D eigenvalue weighted by Gasteiger charge is 2.31. The molecule has 2 N–H and O–H groups in total. The van der Waals surface area contributed by atoms with Gasteiger partial charge < -0.3 is 10.6 Å². The molecule has 0 saturated heterocycles. The summed E-state index contributed by atoms with van der Waals surface area (Å²) in [5, 5.41) is 5.60. The Bertz CT molecular complexity index is 416. The molecular weight excluding hydrogens is 255 g/mol. The molecule has 0 radical (unpaired) electrons. The number of halogens is 3. The van der Waals surface area contributed by atoms with Crippen LogP contribution in [-0.2, 0) is 6.18 Å². The van der Waals surface area contributed by atoms with Crippen LogP contribution in [0.15, 0.2) is 12.1 Å². The minimum absolute atomic E-state index is 0.203. The van der Waals surface area contributed by atoms with E-state index in [1.807, 2.05) is 6.92 Å². The van der Waals surface area contributed by atoms with Crippen LogP contribution in [0.5, 0.6) is 0 Å². The van der Waals surface area contributed by atoms with E-state index in [2.05, 4.69) is 29.5 Å². The van der Waals surface area contributed by atoms with Gasteiger partial charge in [0.05, 0.1) is 5.56 Å². The number of anilines is 2. The number of alkyl halides is 3. The molecule has 19 heavy (non-hydrogen) atoms. The number of hydrogen-bond acceptors (Lipinski definition) is 3. The fraction of sp³-hybridized carbons (Fsp3) is 0.615. The maximum Gasteiger partial charge on any atom is 0.416 e. The molecule has 108 valence electrons. The summed E-state index contributed by atoms with van der Waals surface area (Å²) in [5.41, 5.74) is -0.702. The summed E-state index contributed by atoms with van der Waals surface area (Å²) in [6, 6.07) is 2.03. The maximum atomic E-state index is 12.7. The first-order valence-electron chi connectivity index (χ1n) is 6.25. The molecule has 0 spiro atoms. The fourth-order valence-electron chi connectivity index (χ4n) is 1.41. The molecule has 0 aliphatic carbocycles. The van der Waals surface area contributed by atoms with Gasteiger partial charge in [0.15, 0.2) is 0 Å². The highest BCUT2D eigenvalue weighted by molar-refractivity contribution is 5.49. The minimum Gasteiger partial charge on any atom is -0.373 e. The standard InChI is InChI=1S/C13H20F3N3/c1-8(2)9(3)7-18-12-6-10(13(14,15)16)5-11(17-4)19-12/h5-6,8-9H,7H2,1-4H3,(H2,17,18,19). The Labute approximate surface area is 111 Å². The number of nitrogens with one attached hydrogen (secondary N) is 2. The fourth-order valence-corrected chi connectivity index (χ4v) is 1.41. The van der Waals surface area contributed by atoms with Crippen molar-refractivity contribution in [2.24, 2.45) is 11.8 Å². The predicted molar refractivity (Wildman–Crippen MR) is 71.3 cm³/mol. The maximum absolute atomic E-state index is 12.7. The first-order valence-corrected chi connectivity index (χ1v) is 6.25. The summed E-state index contributed by atoms with van der Waals surface area (Å²) >= 11 is 0. The van der Waals surface area contributed by atoms with Gasteiger partial charge in [-0.15, -0.1) is 0 Å². The molecule has 0 aromatic carbocycles. The summed E-state index contributed by atoms with van der Waals surface area (Å²) in [6.45, 7) is 6.79. The van der Waals surface area contributed by atoms with E-state index in [9.17, 15) is 13.2 Å². The Morgan fingerprint density at radius 2 is 1.74 bits per heavy atom. The summed E-state index contributed by atoms with van der Waals surface area (Å²) in [4.78, 5) is 4.07. The molecule has 3 nitrogen and oxygen atoms in total. The summed E-state index contributed by atoms with van der Waals surface area (Å²) < 4.78 is 38.2. The van der Waals surface area contributed by atoms with Crippen LogP contribution in [-0.4, -0.2) is 18.6 Å². The number of rotatable bonds is 5. The molecule has 1 heterocycles. The van der Waals surface area contributed by atoms with E-state index < -0.39 is 11.7 Å². The van der Waals surface area contributed by atoms with E-state index in [4.69, 9.17) is 0 Å². The van der Waals surface area contributed by atoms with E-state index in [1.165, 1.54) is 0 Å². The second-order valence-electron chi connectivity index (χ2n) is 4.98. The highest BCUT2D eigenvalue weighted by atomic mass is 19.4. The molecule has 1 aromatic heterocycles. The van der Waals surface area contributed by atoms with Gasteiger partial charge in [0.2, 0.25) is 0 Å². The van der Waals surface area contributed by atoms with Gasteiger partial charge in [-0.25, -0.2) is 4.98 Å². The molecule has 1 atom stereocenters. The van der Waals surface area contributed by atoms with Gasteiger partial charge in [0, 0.05) is 13.6 Å². The van der Waals surface area contributed by atoms with Crippen LogP contribution in [0, 0.1) is 11.8 Å². The average molecular weight is 275 g/mol. The molecule has 0 amide bonds. The van der Waals surface area contributed by atoms with Crippen molar-refractivity contribution in [2.45, 2.75) is 26.9 Å². The second kappa shape index (κ2) is 6.12. The highest BCUT2D eigenvalue weighted by Crippen LogP contribution is 2.32. The lowest BCUT2D eigenvalue weighted by molar-refractivity contribution is -0.137. The molecule has 1 rings (SSSR count). The Kier molecular flexibility index (Phi) is 5.03. The zero-order valence-corrected chi connectivity index (χ0v) is 11.6. The molecule has 0 saturated carbocycles. The summed E-state index contributed by atoms with van der Waals surface area (Å²) in [7, 11) is 1.54. The van der Waals surface area contributed by atoms with Gasteiger partial charge in [-0.2, -0.15) is 13.2 Å². The third-order valence-electron chi connectivity index (χ3n) is 3.15. The number of hydrogen-bond donors (Lipinski definition) is 2. The Balaban J connectivity index is 2.89. The third kappa shape index (κ3) is 4.61. The lowest BCUT2D eigenvalue weighted by Gasteiger charge is -2.17. The lowest BCUT2D eigenvalue weighted by atomic mass is 9.98. The number of pyridine rings is 1. The topological polar surface area (TPSA) is 37.0 Å². The predicted octanol–water partition coefficient (Wildman–Crippen LogP) is 3.85. The van der Waals surface area contributed by atoms with Crippen LogP contribution in [0.25, 0.3) is 0 Å². The molecule has 0 bridgehead atoms. The van der Waals surface area contributed by atoms with Gasteiger partial charge in [0.25, 0.3) is 0 Å². The van der Waals surface area contributed by atoms with E-state index in [0.29, 0.717) is 18.4 Å². The molecular formula is C13H20F3N3. The SMILES string of the molecule is CNc1cc(C(F)(F)F)cc(NCC(C)C(C)C)n1. The first kappa shape index (κ1) is 15.6. The molecule has 0 aliphatic rings. The molecule has 1 unspecified atom stereocenters. The lowest BCUT2D eigenvalue weighted by Crippen LogP contribution is -2.17. The zero-order chi connectivity index (χ0) is 14.6. The Morgan fingerprint density at radius 3 is 2.21 bits per heavy atom. The van der Waals surface area contributed by atoms with Crippen molar-refractivity contribution >= 4 is 11.6 Å². The van der Waals surface area contributed by atoms with Crippen LogP contribution in [0.1, 0.15) is 26.3 Å². The van der Waals surface area contributed by atoms with Crippen LogP contribution < -0.4 is 10.6 Å². The Morgan fingerprint density at radius 1 is 1.16 bits per heavy atom. The van der Waals surface area contributed by atoms with Gasteiger partial charge >= 0.3 is 6.18 Å². The third-order valence-corrected chi connectivity index (χ3v) is 3.15. The van der Waals surface area contributed by atoms with Crippen molar-refractivity contribution in [1.29, 1.82) is 0 Å². The number of nitrogens with zero attached hydrogens (tertiary/aromatic N) is 1. The normalized spacial score (nSPS) is 13.5. The summed E-state index contributed by atoms with van der Waals surface area (Å²) in [5.74, 6) is 1.26. The van der Waals surface area contributed by atoms with E-state index in [1.54, 1.807) is 7.05 Å². The minimum atomic E-state index is -4.37. The van der Waals surface area contributed by atoms with Crippen LogP contribution in [0.4, 0.5) is 24.8 Å². The van der Waals surface area contributed by atoms with Crippen molar-refractivity contribution < 1.29 is 13.2 Å². The quantitative estimate of drug-likeness (QED) is 0.857. The van der Waals surface area contributed by atoms with Gasteiger partial charge in [-0.05, 0) is 24.0 Å². The van der Waals surface area contributed by atoms with Gasteiger partial charge in [-0.3, -0.25) is 0 Å². The Hall–Kier alpha value is -1.46. The van der Waals surface area contributed by atoms with Crippen molar-refractivity contribution in [3.05, 3.63) is 17.7 Å². The summed E-state index contributed by atoms with van der Waals surface area (Å²) in [6.07, 6.45) is -4.37. The van der Waals surface area contributed by atoms with E-state index in [-0.39, 0.29) is 11.6 Å². The van der Waals surface area contributed by atoms with Crippen LogP contribution in [0.3, 0.4) is 0 Å². The van der Waals surface area contributed by atoms with E-state index in [0.717, 1.165) is 12.1 Å². The zero-order valence-electron chi connectivity index (χ0n) is 11.6. The molecule has 6 heteroatoms. The first-order chi connectivity index (χ1) is 8.74. The van der Waals surface area contributed by atoms with Crippen LogP contribution >= 0.6 is 0 Å². The van der Waals surface area contributed by atoms with Crippen molar-refractivity contribution in [3.63, 3.8) is 0 Å². The number of aromatic nitrogens is 1. The molecule has 0 aliphatic heterocycles. The largest absolute Gasteiger partial charge is 0.416 e. The molecule has 1 aromatic rings. The van der Waals surface area contributed by atoms with Crippen molar-refractivity contribution in [3.8, 4) is 0 Å². The smallest absolute Gasteiger partial charge is 0.373 e. The second-order valence-corrected chi connectivity index (χ2v) is 4.98.